The number of rotatable bonds is 13. The summed E-state index contributed by atoms with van der Waals surface area (Å²) in [6, 6.07) is 0.635. The Morgan fingerprint density at radius 1 is 1.00 bits per heavy atom. The number of carbonyl (C=O) groups is 1. The molecule has 0 heterocycles. The first-order chi connectivity index (χ1) is 8.70. The number of amides is 1. The Morgan fingerprint density at radius 3 is 2.00 bits per heavy atom. The van der Waals surface area contributed by atoms with Crippen molar-refractivity contribution in [3.8, 4) is 0 Å². The number of hydrogen-bond acceptors (Lipinski definition) is 2. The molecule has 3 nitrogen and oxygen atoms in total. The molecule has 0 bridgehead atoms. The molecule has 0 spiro atoms. The van der Waals surface area contributed by atoms with Gasteiger partial charge in [0, 0.05) is 12.5 Å². The molecule has 0 saturated heterocycles. The molecule has 0 atom stereocenters. The van der Waals surface area contributed by atoms with E-state index in [2.05, 4.69) is 19.2 Å². The van der Waals surface area contributed by atoms with Crippen LogP contribution in [0.4, 0.5) is 0 Å². The molecule has 3 heteroatoms. The monoisotopic (exact) mass is 256 g/mol. The molecule has 0 unspecified atom stereocenters. The van der Waals surface area contributed by atoms with Crippen molar-refractivity contribution in [2.75, 3.05) is 6.54 Å². The summed E-state index contributed by atoms with van der Waals surface area (Å²) >= 11 is 0. The van der Waals surface area contributed by atoms with Gasteiger partial charge in [-0.05, 0) is 25.8 Å². The van der Waals surface area contributed by atoms with Gasteiger partial charge in [-0.15, -0.1) is 0 Å². The number of carbonyl (C=O) groups excluding carboxylic acids is 1. The number of primary amides is 1. The van der Waals surface area contributed by atoms with Gasteiger partial charge in [0.05, 0.1) is 0 Å². The van der Waals surface area contributed by atoms with Crippen molar-refractivity contribution >= 4 is 5.91 Å². The van der Waals surface area contributed by atoms with Crippen LogP contribution < -0.4 is 11.1 Å². The lowest BCUT2D eigenvalue weighted by molar-refractivity contribution is -0.118. The Bertz CT molecular complexity index is 185. The SMILES string of the molecule is CCCCCC(CCCCC)NCCCC(N)=O. The smallest absolute Gasteiger partial charge is 0.217 e. The molecule has 0 fully saturated rings. The standard InChI is InChI=1S/C15H32N2O/c1-3-5-7-10-14(11-8-6-4-2)17-13-9-12-15(16)18/h14,17H,3-13H2,1-2H3,(H2,16,18). The highest BCUT2D eigenvalue weighted by atomic mass is 16.1. The lowest BCUT2D eigenvalue weighted by Crippen LogP contribution is -2.30. The second kappa shape index (κ2) is 12.9. The molecule has 0 aliphatic heterocycles. The zero-order valence-electron chi connectivity index (χ0n) is 12.3. The minimum absolute atomic E-state index is 0.190. The Labute approximate surface area is 113 Å². The van der Waals surface area contributed by atoms with Gasteiger partial charge < -0.3 is 11.1 Å². The van der Waals surface area contributed by atoms with Gasteiger partial charge >= 0.3 is 0 Å². The predicted octanol–water partition coefficient (Wildman–Crippen LogP) is 3.37. The van der Waals surface area contributed by atoms with E-state index in [9.17, 15) is 4.79 Å². The van der Waals surface area contributed by atoms with E-state index in [1.807, 2.05) is 0 Å². The van der Waals surface area contributed by atoms with Gasteiger partial charge in [-0.1, -0.05) is 52.4 Å². The molecule has 0 aliphatic carbocycles. The fourth-order valence-electron chi connectivity index (χ4n) is 2.20. The van der Waals surface area contributed by atoms with Gasteiger partial charge in [-0.3, -0.25) is 4.79 Å². The molecule has 0 aromatic carbocycles. The Morgan fingerprint density at radius 2 is 1.56 bits per heavy atom. The van der Waals surface area contributed by atoms with Crippen molar-refractivity contribution in [2.24, 2.45) is 5.73 Å². The van der Waals surface area contributed by atoms with Crippen LogP contribution in [0.5, 0.6) is 0 Å². The number of nitrogens with two attached hydrogens (primary N) is 1. The first-order valence-corrected chi connectivity index (χ1v) is 7.72. The maximum Gasteiger partial charge on any atom is 0.217 e. The van der Waals surface area contributed by atoms with Crippen LogP contribution in [0.2, 0.25) is 0 Å². The fourth-order valence-corrected chi connectivity index (χ4v) is 2.20. The predicted molar refractivity (Wildman–Crippen MR) is 78.5 cm³/mol. The average Bonchev–Trinajstić information content (AvgIpc) is 2.34. The molecule has 0 aliphatic rings. The lowest BCUT2D eigenvalue weighted by Gasteiger charge is -2.18. The van der Waals surface area contributed by atoms with Gasteiger partial charge in [-0.2, -0.15) is 0 Å². The van der Waals surface area contributed by atoms with Crippen molar-refractivity contribution in [1.82, 2.24) is 5.32 Å². The highest BCUT2D eigenvalue weighted by Crippen LogP contribution is 2.11. The second-order valence-corrected chi connectivity index (χ2v) is 5.21. The Kier molecular flexibility index (Phi) is 12.5. The summed E-state index contributed by atoms with van der Waals surface area (Å²) in [5.41, 5.74) is 5.14. The van der Waals surface area contributed by atoms with Crippen molar-refractivity contribution in [2.45, 2.75) is 84.1 Å². The summed E-state index contributed by atoms with van der Waals surface area (Å²) in [5, 5.41) is 3.59. The zero-order valence-corrected chi connectivity index (χ0v) is 12.3. The summed E-state index contributed by atoms with van der Waals surface area (Å²) in [6.07, 6.45) is 11.8. The third kappa shape index (κ3) is 11.9. The molecule has 0 aromatic heterocycles. The van der Waals surface area contributed by atoms with E-state index in [1.165, 1.54) is 51.4 Å². The van der Waals surface area contributed by atoms with Crippen LogP contribution in [0.1, 0.15) is 78.1 Å². The van der Waals surface area contributed by atoms with Crippen LogP contribution in [-0.2, 0) is 4.79 Å². The van der Waals surface area contributed by atoms with E-state index >= 15 is 0 Å². The van der Waals surface area contributed by atoms with E-state index in [4.69, 9.17) is 5.73 Å². The van der Waals surface area contributed by atoms with Crippen LogP contribution in [0, 0.1) is 0 Å². The molecule has 108 valence electrons. The Balaban J connectivity index is 3.69. The van der Waals surface area contributed by atoms with E-state index < -0.39 is 0 Å². The topological polar surface area (TPSA) is 55.1 Å². The van der Waals surface area contributed by atoms with Crippen LogP contribution in [-0.4, -0.2) is 18.5 Å². The summed E-state index contributed by atoms with van der Waals surface area (Å²) in [7, 11) is 0. The quantitative estimate of drug-likeness (QED) is 0.496. The van der Waals surface area contributed by atoms with Gasteiger partial charge in [0.25, 0.3) is 0 Å². The van der Waals surface area contributed by atoms with Gasteiger partial charge in [0.2, 0.25) is 5.91 Å². The summed E-state index contributed by atoms with van der Waals surface area (Å²) < 4.78 is 0. The normalized spacial score (nSPS) is 11.1. The molecule has 0 aromatic rings. The van der Waals surface area contributed by atoms with Gasteiger partial charge in [0.1, 0.15) is 0 Å². The summed E-state index contributed by atoms with van der Waals surface area (Å²) in [4.78, 5) is 10.7. The van der Waals surface area contributed by atoms with Crippen molar-refractivity contribution in [3.63, 3.8) is 0 Å². The fraction of sp³-hybridized carbons (Fsp3) is 0.933. The lowest BCUT2D eigenvalue weighted by atomic mass is 10.0. The van der Waals surface area contributed by atoms with Crippen molar-refractivity contribution < 1.29 is 4.79 Å². The molecule has 1 amide bonds. The third-order valence-corrected chi connectivity index (χ3v) is 3.35. The summed E-state index contributed by atoms with van der Waals surface area (Å²) in [5.74, 6) is -0.190. The van der Waals surface area contributed by atoms with Crippen LogP contribution in [0.15, 0.2) is 0 Å². The van der Waals surface area contributed by atoms with Crippen LogP contribution in [0.25, 0.3) is 0 Å². The van der Waals surface area contributed by atoms with Crippen LogP contribution >= 0.6 is 0 Å². The van der Waals surface area contributed by atoms with E-state index in [-0.39, 0.29) is 5.91 Å². The molecule has 3 N–H and O–H groups in total. The zero-order chi connectivity index (χ0) is 13.6. The third-order valence-electron chi connectivity index (χ3n) is 3.35. The number of hydrogen-bond donors (Lipinski definition) is 2. The molecular weight excluding hydrogens is 224 g/mol. The highest BCUT2D eigenvalue weighted by molar-refractivity contribution is 5.73. The van der Waals surface area contributed by atoms with E-state index in [1.54, 1.807) is 0 Å². The summed E-state index contributed by atoms with van der Waals surface area (Å²) in [6.45, 7) is 5.41. The molecule has 0 saturated carbocycles. The van der Waals surface area contributed by atoms with Crippen molar-refractivity contribution in [3.05, 3.63) is 0 Å². The minimum Gasteiger partial charge on any atom is -0.370 e. The maximum atomic E-state index is 10.7. The first kappa shape index (κ1) is 17.4. The van der Waals surface area contributed by atoms with Gasteiger partial charge in [0.15, 0.2) is 0 Å². The highest BCUT2D eigenvalue weighted by Gasteiger charge is 2.07. The van der Waals surface area contributed by atoms with Crippen LogP contribution in [0.3, 0.4) is 0 Å². The molecular formula is C15H32N2O. The number of unbranched alkanes of at least 4 members (excludes halogenated alkanes) is 4. The first-order valence-electron chi connectivity index (χ1n) is 7.72. The average molecular weight is 256 g/mol. The molecule has 0 radical (unpaired) electrons. The minimum atomic E-state index is -0.190. The maximum absolute atomic E-state index is 10.7. The second-order valence-electron chi connectivity index (χ2n) is 5.21. The number of nitrogens with one attached hydrogen (secondary N) is 1. The molecule has 0 rings (SSSR count). The van der Waals surface area contributed by atoms with E-state index in [0.29, 0.717) is 12.5 Å². The Hall–Kier alpha value is -0.570. The van der Waals surface area contributed by atoms with Gasteiger partial charge in [-0.25, -0.2) is 0 Å². The molecule has 18 heavy (non-hydrogen) atoms. The van der Waals surface area contributed by atoms with E-state index in [0.717, 1.165) is 13.0 Å². The van der Waals surface area contributed by atoms with Crippen molar-refractivity contribution in [1.29, 1.82) is 0 Å². The largest absolute Gasteiger partial charge is 0.370 e.